The fourth-order valence-corrected chi connectivity index (χ4v) is 2.58. The number of amides is 4. The molecule has 2 aliphatic rings. The Balaban J connectivity index is 2.00. The first-order chi connectivity index (χ1) is 8.73. The topological polar surface area (TPSA) is 78.5 Å². The van der Waals surface area contributed by atoms with Crippen LogP contribution in [0.15, 0.2) is 11.6 Å². The third kappa shape index (κ3) is 2.47. The molecule has 1 aliphatic heterocycles. The summed E-state index contributed by atoms with van der Waals surface area (Å²) in [5.74, 6) is -0.594. The Morgan fingerprint density at radius 1 is 1.42 bits per heavy atom. The average molecular weight is 265 g/mol. The van der Waals surface area contributed by atoms with Gasteiger partial charge in [0.05, 0.1) is 5.92 Å². The second kappa shape index (κ2) is 4.36. The second-order valence-electron chi connectivity index (χ2n) is 5.98. The van der Waals surface area contributed by atoms with E-state index in [1.54, 1.807) is 0 Å². The standard InChI is InChI=1S/C13H19N3O3/c1-7(2)5-8-10(13(8,3)4)11(18)15-16-6-9(17)14-12(16)19/h5,8,10H,6H2,1-4H3,(H,15,18)(H,14,17,19)/t8-,10-/m0/s1. The summed E-state index contributed by atoms with van der Waals surface area (Å²) in [4.78, 5) is 34.5. The number of nitrogens with one attached hydrogen (secondary N) is 2. The molecule has 0 aromatic carbocycles. The van der Waals surface area contributed by atoms with Gasteiger partial charge in [-0.15, -0.1) is 0 Å². The van der Waals surface area contributed by atoms with Gasteiger partial charge < -0.3 is 0 Å². The van der Waals surface area contributed by atoms with Gasteiger partial charge in [-0.1, -0.05) is 25.5 Å². The maximum atomic E-state index is 12.1. The van der Waals surface area contributed by atoms with Crippen molar-refractivity contribution in [1.29, 1.82) is 0 Å². The highest BCUT2D eigenvalue weighted by atomic mass is 16.2. The number of rotatable bonds is 3. The molecule has 0 unspecified atom stereocenters. The van der Waals surface area contributed by atoms with Gasteiger partial charge in [-0.2, -0.15) is 0 Å². The van der Waals surface area contributed by atoms with Crippen LogP contribution in [-0.4, -0.2) is 29.4 Å². The lowest BCUT2D eigenvalue weighted by Gasteiger charge is -2.14. The summed E-state index contributed by atoms with van der Waals surface area (Å²) < 4.78 is 0. The van der Waals surface area contributed by atoms with Crippen molar-refractivity contribution in [2.45, 2.75) is 27.7 Å². The third-order valence-electron chi connectivity index (χ3n) is 3.74. The number of hydrazine groups is 1. The minimum absolute atomic E-state index is 0.110. The van der Waals surface area contributed by atoms with Crippen molar-refractivity contribution in [2.24, 2.45) is 17.3 Å². The van der Waals surface area contributed by atoms with Gasteiger partial charge in [0.15, 0.2) is 0 Å². The fourth-order valence-electron chi connectivity index (χ4n) is 2.58. The fraction of sp³-hybridized carbons (Fsp3) is 0.615. The highest BCUT2D eigenvalue weighted by Gasteiger charge is 2.60. The highest BCUT2D eigenvalue weighted by Crippen LogP contribution is 2.59. The van der Waals surface area contributed by atoms with Crippen LogP contribution in [0.25, 0.3) is 0 Å². The van der Waals surface area contributed by atoms with Crippen LogP contribution in [0.5, 0.6) is 0 Å². The number of imide groups is 1. The number of urea groups is 1. The van der Waals surface area contributed by atoms with Crippen LogP contribution in [0.2, 0.25) is 0 Å². The Kier molecular flexibility index (Phi) is 3.12. The van der Waals surface area contributed by atoms with Crippen molar-refractivity contribution in [1.82, 2.24) is 15.8 Å². The van der Waals surface area contributed by atoms with Gasteiger partial charge in [0.1, 0.15) is 6.54 Å². The molecule has 0 aromatic rings. The van der Waals surface area contributed by atoms with Crippen LogP contribution in [0, 0.1) is 17.3 Å². The molecule has 2 atom stereocenters. The van der Waals surface area contributed by atoms with E-state index in [4.69, 9.17) is 0 Å². The molecule has 2 fully saturated rings. The van der Waals surface area contributed by atoms with E-state index in [1.165, 1.54) is 5.57 Å². The van der Waals surface area contributed by atoms with Gasteiger partial charge in [-0.3, -0.25) is 20.3 Å². The van der Waals surface area contributed by atoms with Gasteiger partial charge in [0.25, 0.3) is 0 Å². The lowest BCUT2D eigenvalue weighted by molar-refractivity contribution is -0.127. The number of carbonyl (C=O) groups is 3. The predicted octanol–water partition coefficient (Wildman–Crippen LogP) is 0.808. The number of carbonyl (C=O) groups excluding carboxylic acids is 3. The van der Waals surface area contributed by atoms with Gasteiger partial charge in [-0.05, 0) is 25.2 Å². The van der Waals surface area contributed by atoms with Crippen LogP contribution in [0.4, 0.5) is 4.79 Å². The summed E-state index contributed by atoms with van der Waals surface area (Å²) in [7, 11) is 0. The summed E-state index contributed by atoms with van der Waals surface area (Å²) in [6.07, 6.45) is 2.08. The van der Waals surface area contributed by atoms with Crippen molar-refractivity contribution in [3.63, 3.8) is 0 Å². The van der Waals surface area contributed by atoms with Crippen molar-refractivity contribution in [3.05, 3.63) is 11.6 Å². The Morgan fingerprint density at radius 2 is 2.05 bits per heavy atom. The largest absolute Gasteiger partial charge is 0.343 e. The van der Waals surface area contributed by atoms with E-state index < -0.39 is 11.9 Å². The van der Waals surface area contributed by atoms with Crippen molar-refractivity contribution >= 4 is 17.8 Å². The van der Waals surface area contributed by atoms with Gasteiger partial charge >= 0.3 is 6.03 Å². The first kappa shape index (κ1) is 13.6. The number of allylic oxidation sites excluding steroid dienone is 2. The molecule has 1 saturated carbocycles. The van der Waals surface area contributed by atoms with E-state index in [1.807, 2.05) is 27.7 Å². The smallest absolute Gasteiger partial charge is 0.275 e. The van der Waals surface area contributed by atoms with Crippen LogP contribution >= 0.6 is 0 Å². The molecule has 6 nitrogen and oxygen atoms in total. The molecular weight excluding hydrogens is 246 g/mol. The summed E-state index contributed by atoms with van der Waals surface area (Å²) in [6.45, 7) is 7.92. The molecule has 6 heteroatoms. The summed E-state index contributed by atoms with van der Waals surface area (Å²) >= 11 is 0. The monoisotopic (exact) mass is 265 g/mol. The van der Waals surface area contributed by atoms with Gasteiger partial charge in [0.2, 0.25) is 11.8 Å². The molecule has 0 spiro atoms. The van der Waals surface area contributed by atoms with E-state index in [9.17, 15) is 14.4 Å². The molecule has 1 heterocycles. The van der Waals surface area contributed by atoms with Crippen LogP contribution < -0.4 is 10.7 Å². The predicted molar refractivity (Wildman–Crippen MR) is 68.6 cm³/mol. The first-order valence-electron chi connectivity index (χ1n) is 6.30. The van der Waals surface area contributed by atoms with E-state index >= 15 is 0 Å². The maximum Gasteiger partial charge on any atom is 0.343 e. The zero-order valence-electron chi connectivity index (χ0n) is 11.6. The second-order valence-corrected chi connectivity index (χ2v) is 5.98. The Bertz CT molecular complexity index is 478. The number of hydrogen-bond acceptors (Lipinski definition) is 3. The summed E-state index contributed by atoms with van der Waals surface area (Å²) in [5.41, 5.74) is 3.57. The average Bonchev–Trinajstić information content (AvgIpc) is 2.60. The van der Waals surface area contributed by atoms with Gasteiger partial charge in [0, 0.05) is 0 Å². The van der Waals surface area contributed by atoms with Crippen molar-refractivity contribution in [2.75, 3.05) is 6.54 Å². The van der Waals surface area contributed by atoms with Crippen molar-refractivity contribution < 1.29 is 14.4 Å². The molecule has 1 aliphatic carbocycles. The number of hydrogen-bond donors (Lipinski definition) is 2. The number of nitrogens with zero attached hydrogens (tertiary/aromatic N) is 1. The molecule has 0 bridgehead atoms. The zero-order chi connectivity index (χ0) is 14.4. The maximum absolute atomic E-state index is 12.1. The lowest BCUT2D eigenvalue weighted by Crippen LogP contribution is -2.45. The Morgan fingerprint density at radius 3 is 2.53 bits per heavy atom. The first-order valence-corrected chi connectivity index (χ1v) is 6.30. The Labute approximate surface area is 112 Å². The quantitative estimate of drug-likeness (QED) is 0.585. The van der Waals surface area contributed by atoms with E-state index in [-0.39, 0.29) is 29.7 Å². The molecule has 0 radical (unpaired) electrons. The lowest BCUT2D eigenvalue weighted by atomic mass is 10.1. The minimum Gasteiger partial charge on any atom is -0.275 e. The normalized spacial score (nSPS) is 27.9. The third-order valence-corrected chi connectivity index (χ3v) is 3.74. The zero-order valence-corrected chi connectivity index (χ0v) is 11.6. The van der Waals surface area contributed by atoms with Crippen LogP contribution in [0.3, 0.4) is 0 Å². The Hall–Kier alpha value is -1.85. The van der Waals surface area contributed by atoms with E-state index in [0.717, 1.165) is 5.01 Å². The molecule has 0 aromatic heterocycles. The molecule has 2 rings (SSSR count). The molecule has 2 N–H and O–H groups in total. The van der Waals surface area contributed by atoms with E-state index in [2.05, 4.69) is 16.8 Å². The highest BCUT2D eigenvalue weighted by molar-refractivity contribution is 6.02. The van der Waals surface area contributed by atoms with Crippen molar-refractivity contribution in [3.8, 4) is 0 Å². The molecule has 1 saturated heterocycles. The van der Waals surface area contributed by atoms with E-state index in [0.29, 0.717) is 0 Å². The minimum atomic E-state index is -0.574. The molecule has 4 amide bonds. The molecular formula is C13H19N3O3. The SMILES string of the molecule is CC(C)=C[C@H]1[C@@H](C(=O)NN2CC(=O)NC2=O)C1(C)C. The molecule has 104 valence electrons. The van der Waals surface area contributed by atoms with Crippen LogP contribution in [0.1, 0.15) is 27.7 Å². The molecule has 19 heavy (non-hydrogen) atoms. The van der Waals surface area contributed by atoms with Gasteiger partial charge in [-0.25, -0.2) is 9.80 Å². The summed E-state index contributed by atoms with van der Waals surface area (Å²) in [6, 6.07) is -0.574. The summed E-state index contributed by atoms with van der Waals surface area (Å²) in [5, 5.41) is 3.14. The van der Waals surface area contributed by atoms with Crippen LogP contribution in [-0.2, 0) is 9.59 Å².